The van der Waals surface area contributed by atoms with E-state index in [0.29, 0.717) is 5.76 Å². The van der Waals surface area contributed by atoms with E-state index in [1.165, 1.54) is 19.6 Å². The molecule has 0 aromatic heterocycles. The van der Waals surface area contributed by atoms with Crippen molar-refractivity contribution in [1.29, 1.82) is 0 Å². The van der Waals surface area contributed by atoms with Crippen molar-refractivity contribution in [2.45, 2.75) is 19.3 Å². The van der Waals surface area contributed by atoms with E-state index in [1.54, 1.807) is 6.08 Å². The number of ether oxygens (including phenoxy) is 1. The fraction of sp³-hybridized carbons (Fsp3) is 0.545. The average Bonchev–Trinajstić information content (AvgIpc) is 2.26. The van der Waals surface area contributed by atoms with Crippen molar-refractivity contribution in [1.82, 2.24) is 4.90 Å². The van der Waals surface area contributed by atoms with Crippen molar-refractivity contribution in [2.75, 3.05) is 20.2 Å². The summed E-state index contributed by atoms with van der Waals surface area (Å²) in [4.78, 5) is 13.4. The van der Waals surface area contributed by atoms with E-state index < -0.39 is 0 Å². The molecule has 0 atom stereocenters. The second-order valence-electron chi connectivity index (χ2n) is 3.39. The summed E-state index contributed by atoms with van der Waals surface area (Å²) in [5.41, 5.74) is 0. The number of carbonyl (C=O) groups excluding carboxylic acids is 1. The van der Waals surface area contributed by atoms with Crippen LogP contribution in [0.1, 0.15) is 19.3 Å². The lowest BCUT2D eigenvalue weighted by molar-refractivity contribution is -0.126. The molecule has 0 spiro atoms. The van der Waals surface area contributed by atoms with Gasteiger partial charge >= 0.3 is 0 Å². The molecule has 1 fully saturated rings. The van der Waals surface area contributed by atoms with E-state index in [-0.39, 0.29) is 5.91 Å². The first-order chi connectivity index (χ1) is 6.74. The molecular weight excluding hydrogens is 178 g/mol. The average molecular weight is 195 g/mol. The zero-order valence-corrected chi connectivity index (χ0v) is 8.66. The zero-order valence-electron chi connectivity index (χ0n) is 8.66. The summed E-state index contributed by atoms with van der Waals surface area (Å²) in [5, 5.41) is 0. The largest absolute Gasteiger partial charge is 0.497 e. The second kappa shape index (κ2) is 5.47. The lowest BCUT2D eigenvalue weighted by atomic mass is 10.1. The van der Waals surface area contributed by atoms with Gasteiger partial charge in [0, 0.05) is 19.2 Å². The molecule has 1 rings (SSSR count). The molecule has 0 N–H and O–H groups in total. The summed E-state index contributed by atoms with van der Waals surface area (Å²) in [7, 11) is 1.54. The van der Waals surface area contributed by atoms with Crippen LogP contribution in [0.25, 0.3) is 0 Å². The summed E-state index contributed by atoms with van der Waals surface area (Å²) in [6.45, 7) is 5.37. The number of allylic oxidation sites excluding steroid dienone is 1. The first-order valence-corrected chi connectivity index (χ1v) is 4.94. The van der Waals surface area contributed by atoms with Crippen LogP contribution in [0.5, 0.6) is 0 Å². The van der Waals surface area contributed by atoms with Crippen LogP contribution in [0.3, 0.4) is 0 Å². The molecule has 0 aromatic rings. The molecule has 1 saturated heterocycles. The monoisotopic (exact) mass is 195 g/mol. The molecule has 0 aromatic carbocycles. The summed E-state index contributed by atoms with van der Waals surface area (Å²) >= 11 is 0. The quantitative estimate of drug-likeness (QED) is 0.390. The van der Waals surface area contributed by atoms with Crippen LogP contribution in [0.2, 0.25) is 0 Å². The molecule has 3 heteroatoms. The SMILES string of the molecule is C=C(/C=C/C(=O)N1CCCCC1)OC. The summed E-state index contributed by atoms with van der Waals surface area (Å²) in [6.07, 6.45) is 6.60. The third-order valence-corrected chi connectivity index (χ3v) is 2.34. The van der Waals surface area contributed by atoms with Crippen LogP contribution in [0, 0.1) is 0 Å². The Hall–Kier alpha value is -1.25. The van der Waals surface area contributed by atoms with Crippen molar-refractivity contribution in [2.24, 2.45) is 0 Å². The number of methoxy groups -OCH3 is 1. The number of carbonyl (C=O) groups is 1. The number of amides is 1. The van der Waals surface area contributed by atoms with E-state index in [2.05, 4.69) is 6.58 Å². The summed E-state index contributed by atoms with van der Waals surface area (Å²) in [6, 6.07) is 0. The van der Waals surface area contributed by atoms with Gasteiger partial charge in [0.25, 0.3) is 0 Å². The van der Waals surface area contributed by atoms with Crippen molar-refractivity contribution >= 4 is 5.91 Å². The molecular formula is C11H17NO2. The normalized spacial score (nSPS) is 17.1. The van der Waals surface area contributed by atoms with E-state index in [9.17, 15) is 4.79 Å². The van der Waals surface area contributed by atoms with Gasteiger partial charge in [0.1, 0.15) is 5.76 Å². The lowest BCUT2D eigenvalue weighted by Crippen LogP contribution is -2.34. The van der Waals surface area contributed by atoms with Gasteiger partial charge in [-0.05, 0) is 25.3 Å². The Bertz CT molecular complexity index is 240. The van der Waals surface area contributed by atoms with Crippen molar-refractivity contribution in [3.8, 4) is 0 Å². The number of hydrogen-bond acceptors (Lipinski definition) is 2. The molecule has 0 saturated carbocycles. The fourth-order valence-corrected chi connectivity index (χ4v) is 1.45. The van der Waals surface area contributed by atoms with Crippen LogP contribution < -0.4 is 0 Å². The molecule has 3 nitrogen and oxygen atoms in total. The molecule has 0 unspecified atom stereocenters. The lowest BCUT2D eigenvalue weighted by Gasteiger charge is -2.25. The Morgan fingerprint density at radius 3 is 2.50 bits per heavy atom. The molecule has 1 heterocycles. The van der Waals surface area contributed by atoms with Gasteiger partial charge in [0.15, 0.2) is 0 Å². The molecule has 0 radical (unpaired) electrons. The van der Waals surface area contributed by atoms with Crippen molar-refractivity contribution in [3.05, 3.63) is 24.5 Å². The fourth-order valence-electron chi connectivity index (χ4n) is 1.45. The van der Waals surface area contributed by atoms with Gasteiger partial charge in [-0.25, -0.2) is 0 Å². The van der Waals surface area contributed by atoms with Gasteiger partial charge in [-0.2, -0.15) is 0 Å². The molecule has 1 aliphatic rings. The van der Waals surface area contributed by atoms with Crippen LogP contribution in [0.15, 0.2) is 24.5 Å². The predicted octanol–water partition coefficient (Wildman–Crippen LogP) is 1.72. The molecule has 14 heavy (non-hydrogen) atoms. The maximum absolute atomic E-state index is 11.6. The van der Waals surface area contributed by atoms with E-state index in [0.717, 1.165) is 25.9 Å². The molecule has 0 aliphatic carbocycles. The van der Waals surface area contributed by atoms with Crippen LogP contribution in [-0.2, 0) is 9.53 Å². The topological polar surface area (TPSA) is 29.5 Å². The Morgan fingerprint density at radius 1 is 1.29 bits per heavy atom. The minimum absolute atomic E-state index is 0.0582. The standard InChI is InChI=1S/C11H17NO2/c1-10(14-2)6-7-11(13)12-8-4-3-5-9-12/h6-7H,1,3-5,8-9H2,2H3/b7-6+. The van der Waals surface area contributed by atoms with E-state index >= 15 is 0 Å². The number of likely N-dealkylation sites (tertiary alicyclic amines) is 1. The third kappa shape index (κ3) is 3.24. The highest BCUT2D eigenvalue weighted by Crippen LogP contribution is 2.09. The highest BCUT2D eigenvalue weighted by atomic mass is 16.5. The van der Waals surface area contributed by atoms with E-state index in [4.69, 9.17) is 4.74 Å². The Kier molecular flexibility index (Phi) is 4.23. The van der Waals surface area contributed by atoms with Gasteiger partial charge in [-0.3, -0.25) is 4.79 Å². The predicted molar refractivity (Wildman–Crippen MR) is 55.7 cm³/mol. The van der Waals surface area contributed by atoms with Crippen LogP contribution in [0.4, 0.5) is 0 Å². The summed E-state index contributed by atoms with van der Waals surface area (Å²) in [5.74, 6) is 0.568. The molecule has 1 aliphatic heterocycles. The van der Waals surface area contributed by atoms with Gasteiger partial charge in [-0.1, -0.05) is 6.58 Å². The zero-order chi connectivity index (χ0) is 10.4. The van der Waals surface area contributed by atoms with Gasteiger partial charge in [0.05, 0.1) is 7.11 Å². The minimum atomic E-state index is 0.0582. The van der Waals surface area contributed by atoms with Crippen molar-refractivity contribution in [3.63, 3.8) is 0 Å². The van der Waals surface area contributed by atoms with Gasteiger partial charge in [-0.15, -0.1) is 0 Å². The number of hydrogen-bond donors (Lipinski definition) is 0. The smallest absolute Gasteiger partial charge is 0.246 e. The number of piperidine rings is 1. The molecule has 1 amide bonds. The first-order valence-electron chi connectivity index (χ1n) is 4.94. The second-order valence-corrected chi connectivity index (χ2v) is 3.39. The van der Waals surface area contributed by atoms with Crippen LogP contribution in [-0.4, -0.2) is 31.0 Å². The highest BCUT2D eigenvalue weighted by Gasteiger charge is 2.13. The Balaban J connectivity index is 2.40. The Morgan fingerprint density at radius 2 is 1.93 bits per heavy atom. The first kappa shape index (κ1) is 10.8. The third-order valence-electron chi connectivity index (χ3n) is 2.34. The maximum Gasteiger partial charge on any atom is 0.246 e. The Labute approximate surface area is 85.0 Å². The van der Waals surface area contributed by atoms with Crippen molar-refractivity contribution < 1.29 is 9.53 Å². The number of nitrogens with zero attached hydrogens (tertiary/aromatic N) is 1. The highest BCUT2D eigenvalue weighted by molar-refractivity contribution is 5.88. The van der Waals surface area contributed by atoms with Gasteiger partial charge in [0.2, 0.25) is 5.91 Å². The van der Waals surface area contributed by atoms with E-state index in [1.807, 2.05) is 4.90 Å². The number of rotatable bonds is 3. The molecule has 78 valence electrons. The summed E-state index contributed by atoms with van der Waals surface area (Å²) < 4.78 is 4.84. The van der Waals surface area contributed by atoms with Crippen LogP contribution >= 0.6 is 0 Å². The minimum Gasteiger partial charge on any atom is -0.497 e. The van der Waals surface area contributed by atoms with Gasteiger partial charge < -0.3 is 9.64 Å². The molecule has 0 bridgehead atoms. The maximum atomic E-state index is 11.6.